The molecule has 0 spiro atoms. The minimum Gasteiger partial charge on any atom is -0.323 e. The van der Waals surface area contributed by atoms with Gasteiger partial charge in [-0.25, -0.2) is 0 Å². The van der Waals surface area contributed by atoms with Crippen LogP contribution in [0.3, 0.4) is 0 Å². The highest BCUT2D eigenvalue weighted by atomic mass is 15.1. The monoisotopic (exact) mass is 212 g/mol. The third-order valence-electron chi connectivity index (χ3n) is 2.92. The number of benzene rings is 2. The normalized spacial score (nSPS) is 12.0. The maximum atomic E-state index is 5.46. The number of hydrogen-bond acceptors (Lipinski definition) is 2. The number of hydrogen-bond donors (Lipinski definition) is 1. The molecule has 82 valence electrons. The second-order valence-corrected chi connectivity index (χ2v) is 3.91. The van der Waals surface area contributed by atoms with Crippen LogP contribution in [0.5, 0.6) is 0 Å². The molecule has 2 heteroatoms. The number of aryl methyl sites for hydroxylation is 1. The third-order valence-corrected chi connectivity index (χ3v) is 2.92. The molecule has 2 aromatic carbocycles. The van der Waals surface area contributed by atoms with Crippen molar-refractivity contribution in [2.45, 2.75) is 20.3 Å². The van der Waals surface area contributed by atoms with E-state index in [1.165, 1.54) is 21.9 Å². The average Bonchev–Trinajstić information content (AvgIpc) is 2.33. The Labute approximate surface area is 95.8 Å². The smallest absolute Gasteiger partial charge is 0.0678 e. The van der Waals surface area contributed by atoms with Gasteiger partial charge < -0.3 is 5.84 Å². The molecular weight excluding hydrogens is 196 g/mol. The Morgan fingerprint density at radius 1 is 1.19 bits per heavy atom. The van der Waals surface area contributed by atoms with Crippen LogP contribution >= 0.6 is 0 Å². The molecule has 0 unspecified atom stereocenters. The zero-order valence-corrected chi connectivity index (χ0v) is 9.70. The topological polar surface area (TPSA) is 38.4 Å². The van der Waals surface area contributed by atoms with Gasteiger partial charge in [-0.05, 0) is 29.7 Å². The maximum absolute atomic E-state index is 5.46. The van der Waals surface area contributed by atoms with Crippen molar-refractivity contribution in [2.24, 2.45) is 10.9 Å². The predicted molar refractivity (Wildman–Crippen MR) is 69.7 cm³/mol. The van der Waals surface area contributed by atoms with Crippen LogP contribution < -0.4 is 5.84 Å². The van der Waals surface area contributed by atoms with Gasteiger partial charge in [-0.3, -0.25) is 0 Å². The molecule has 0 fully saturated rings. The van der Waals surface area contributed by atoms with E-state index >= 15 is 0 Å². The fourth-order valence-corrected chi connectivity index (χ4v) is 2.10. The van der Waals surface area contributed by atoms with Crippen molar-refractivity contribution in [3.63, 3.8) is 0 Å². The lowest BCUT2D eigenvalue weighted by molar-refractivity contribution is 1.17. The SMILES string of the molecule is CC/C(=N\N)c1c(C)ccc2ccccc12. The fourth-order valence-electron chi connectivity index (χ4n) is 2.10. The summed E-state index contributed by atoms with van der Waals surface area (Å²) in [5.41, 5.74) is 3.38. The van der Waals surface area contributed by atoms with Gasteiger partial charge in [-0.1, -0.05) is 43.3 Å². The van der Waals surface area contributed by atoms with Crippen LogP contribution in [0.15, 0.2) is 41.5 Å². The summed E-state index contributed by atoms with van der Waals surface area (Å²) in [6.07, 6.45) is 0.853. The molecule has 0 atom stereocenters. The van der Waals surface area contributed by atoms with Gasteiger partial charge in [-0.2, -0.15) is 5.10 Å². The van der Waals surface area contributed by atoms with Crippen molar-refractivity contribution in [3.8, 4) is 0 Å². The first-order chi connectivity index (χ1) is 7.77. The number of nitrogens with zero attached hydrogens (tertiary/aromatic N) is 1. The van der Waals surface area contributed by atoms with Gasteiger partial charge in [0.25, 0.3) is 0 Å². The Balaban J connectivity index is 2.80. The molecule has 16 heavy (non-hydrogen) atoms. The van der Waals surface area contributed by atoms with E-state index in [4.69, 9.17) is 5.84 Å². The van der Waals surface area contributed by atoms with Crippen LogP contribution in [0.2, 0.25) is 0 Å². The Bertz CT molecular complexity index is 541. The zero-order chi connectivity index (χ0) is 11.5. The van der Waals surface area contributed by atoms with E-state index in [0.29, 0.717) is 0 Å². The van der Waals surface area contributed by atoms with E-state index in [0.717, 1.165) is 12.1 Å². The van der Waals surface area contributed by atoms with Gasteiger partial charge in [0.05, 0.1) is 5.71 Å². The molecule has 2 rings (SSSR count). The molecule has 0 saturated carbocycles. The van der Waals surface area contributed by atoms with Crippen molar-refractivity contribution >= 4 is 16.5 Å². The second-order valence-electron chi connectivity index (χ2n) is 3.91. The maximum Gasteiger partial charge on any atom is 0.0678 e. The molecule has 0 amide bonds. The Kier molecular flexibility index (Phi) is 2.91. The molecule has 0 aliphatic rings. The average molecular weight is 212 g/mol. The van der Waals surface area contributed by atoms with Gasteiger partial charge in [0.1, 0.15) is 0 Å². The number of hydrazone groups is 1. The minimum atomic E-state index is 0.853. The van der Waals surface area contributed by atoms with E-state index in [-0.39, 0.29) is 0 Å². The molecule has 0 heterocycles. The highest BCUT2D eigenvalue weighted by Gasteiger charge is 2.09. The first kappa shape index (κ1) is 10.7. The van der Waals surface area contributed by atoms with Gasteiger partial charge in [0, 0.05) is 5.56 Å². The summed E-state index contributed by atoms with van der Waals surface area (Å²) >= 11 is 0. The molecule has 0 bridgehead atoms. The molecule has 0 aliphatic heterocycles. The third kappa shape index (κ3) is 1.67. The highest BCUT2D eigenvalue weighted by molar-refractivity contribution is 6.11. The Hall–Kier alpha value is -1.83. The summed E-state index contributed by atoms with van der Waals surface area (Å²) in [6, 6.07) is 12.6. The van der Waals surface area contributed by atoms with Crippen molar-refractivity contribution < 1.29 is 0 Å². The van der Waals surface area contributed by atoms with Crippen LogP contribution in [-0.4, -0.2) is 5.71 Å². The lowest BCUT2D eigenvalue weighted by Crippen LogP contribution is -2.05. The van der Waals surface area contributed by atoms with E-state index in [9.17, 15) is 0 Å². The van der Waals surface area contributed by atoms with E-state index < -0.39 is 0 Å². The van der Waals surface area contributed by atoms with Gasteiger partial charge in [-0.15, -0.1) is 0 Å². The van der Waals surface area contributed by atoms with Crippen molar-refractivity contribution in [1.82, 2.24) is 0 Å². The molecule has 0 saturated heterocycles. The van der Waals surface area contributed by atoms with Crippen molar-refractivity contribution in [2.75, 3.05) is 0 Å². The standard InChI is InChI=1S/C14H16N2/c1-3-13(16-15)14-10(2)8-9-11-6-4-5-7-12(11)14/h4-9H,3,15H2,1-2H3/b16-13+. The highest BCUT2D eigenvalue weighted by Crippen LogP contribution is 2.23. The van der Waals surface area contributed by atoms with Crippen molar-refractivity contribution in [1.29, 1.82) is 0 Å². The predicted octanol–water partition coefficient (Wildman–Crippen LogP) is 3.22. The van der Waals surface area contributed by atoms with E-state index in [1.807, 2.05) is 6.07 Å². The first-order valence-electron chi connectivity index (χ1n) is 5.53. The number of nitrogens with two attached hydrogens (primary N) is 1. The molecule has 0 aliphatic carbocycles. The zero-order valence-electron chi connectivity index (χ0n) is 9.70. The fraction of sp³-hybridized carbons (Fsp3) is 0.214. The molecule has 0 aromatic heterocycles. The summed E-state index contributed by atoms with van der Waals surface area (Å²) in [4.78, 5) is 0. The Morgan fingerprint density at radius 2 is 1.94 bits per heavy atom. The van der Waals surface area contributed by atoms with Crippen LogP contribution in [0.4, 0.5) is 0 Å². The second kappa shape index (κ2) is 4.35. The largest absolute Gasteiger partial charge is 0.323 e. The van der Waals surface area contributed by atoms with Crippen LogP contribution in [0.1, 0.15) is 24.5 Å². The summed E-state index contributed by atoms with van der Waals surface area (Å²) in [6.45, 7) is 4.18. The summed E-state index contributed by atoms with van der Waals surface area (Å²) < 4.78 is 0. The van der Waals surface area contributed by atoms with Gasteiger partial charge in [0.15, 0.2) is 0 Å². The first-order valence-corrected chi connectivity index (χ1v) is 5.53. The molecular formula is C14H16N2. The molecule has 2 N–H and O–H groups in total. The lowest BCUT2D eigenvalue weighted by atomic mass is 9.95. The summed E-state index contributed by atoms with van der Waals surface area (Å²) in [7, 11) is 0. The Morgan fingerprint density at radius 3 is 2.62 bits per heavy atom. The van der Waals surface area contributed by atoms with Crippen LogP contribution in [0, 0.1) is 6.92 Å². The van der Waals surface area contributed by atoms with Gasteiger partial charge in [0.2, 0.25) is 0 Å². The molecule has 0 radical (unpaired) electrons. The minimum absolute atomic E-state index is 0.853. The molecule has 2 nitrogen and oxygen atoms in total. The van der Waals surface area contributed by atoms with E-state index in [2.05, 4.69) is 49.3 Å². The lowest BCUT2D eigenvalue weighted by Gasteiger charge is -2.10. The van der Waals surface area contributed by atoms with Gasteiger partial charge >= 0.3 is 0 Å². The summed E-state index contributed by atoms with van der Waals surface area (Å²) in [5.74, 6) is 5.46. The number of rotatable bonds is 2. The summed E-state index contributed by atoms with van der Waals surface area (Å²) in [5, 5.41) is 6.37. The van der Waals surface area contributed by atoms with Crippen molar-refractivity contribution in [3.05, 3.63) is 47.5 Å². The number of fused-ring (bicyclic) bond motifs is 1. The van der Waals surface area contributed by atoms with E-state index in [1.54, 1.807) is 0 Å². The van der Waals surface area contributed by atoms with Crippen LogP contribution in [0.25, 0.3) is 10.8 Å². The molecule has 2 aromatic rings. The quantitative estimate of drug-likeness (QED) is 0.463. The van der Waals surface area contributed by atoms with Crippen LogP contribution in [-0.2, 0) is 0 Å².